The number of carboxylic acids is 1. The lowest BCUT2D eigenvalue weighted by Gasteiger charge is -2.07. The van der Waals surface area contributed by atoms with Crippen molar-refractivity contribution in [2.24, 2.45) is 0 Å². The van der Waals surface area contributed by atoms with Crippen molar-refractivity contribution >= 4 is 28.3 Å². The third-order valence-corrected chi connectivity index (χ3v) is 3.02. The summed E-state index contributed by atoms with van der Waals surface area (Å²) in [7, 11) is 1.61. The molecule has 0 spiro atoms. The van der Waals surface area contributed by atoms with Crippen LogP contribution in [0.1, 0.15) is 10.9 Å². The average Bonchev–Trinajstić information content (AvgIpc) is 2.36. The highest BCUT2D eigenvalue weighted by atomic mass is 35.5. The van der Waals surface area contributed by atoms with E-state index < -0.39 is 11.3 Å². The van der Waals surface area contributed by atoms with Crippen LogP contribution >= 0.6 is 11.6 Å². The lowest BCUT2D eigenvalue weighted by Crippen LogP contribution is -2.04. The number of carboxylic acid groups (broad SMARTS) is 1. The topological polar surface area (TPSA) is 46.5 Å². The first-order valence-electron chi connectivity index (χ1n) is 5.06. The third kappa shape index (κ3) is 2.34. The maximum Gasteiger partial charge on any atom is 0.326 e. The van der Waals surface area contributed by atoms with E-state index in [9.17, 15) is 4.79 Å². The van der Waals surface area contributed by atoms with Gasteiger partial charge >= 0.3 is 5.97 Å². The van der Waals surface area contributed by atoms with Gasteiger partial charge in [-0.25, -0.2) is 0 Å². The second-order valence-corrected chi connectivity index (χ2v) is 4.11. The summed E-state index contributed by atoms with van der Waals surface area (Å²) in [6.07, 6.45) is 0. The molecule has 0 amide bonds. The summed E-state index contributed by atoms with van der Waals surface area (Å²) in [4.78, 5) is 10.8. The summed E-state index contributed by atoms with van der Waals surface area (Å²) >= 11 is 5.78. The van der Waals surface area contributed by atoms with Crippen molar-refractivity contribution in [1.82, 2.24) is 0 Å². The number of carbonyl (C=O) groups is 1. The van der Waals surface area contributed by atoms with Crippen molar-refractivity contribution in [1.29, 1.82) is 0 Å². The Hall–Kier alpha value is -1.74. The van der Waals surface area contributed by atoms with Crippen LogP contribution in [0.2, 0.25) is 0 Å². The Kier molecular flexibility index (Phi) is 3.20. The fourth-order valence-corrected chi connectivity index (χ4v) is 1.81. The number of benzene rings is 2. The lowest BCUT2D eigenvalue weighted by atomic mass is 10.0. The van der Waals surface area contributed by atoms with Gasteiger partial charge in [0, 0.05) is 0 Å². The standard InChI is InChI=1S/C13H11ClO3/c1-17-11-5-4-8-6-10(12(14)13(15)16)3-2-9(8)7-11/h2-7,12H,1H3,(H,15,16). The van der Waals surface area contributed by atoms with Gasteiger partial charge in [0.25, 0.3) is 0 Å². The van der Waals surface area contributed by atoms with Crippen molar-refractivity contribution < 1.29 is 14.6 Å². The van der Waals surface area contributed by atoms with Gasteiger partial charge in [-0.15, -0.1) is 11.6 Å². The SMILES string of the molecule is COc1ccc2cc(C(Cl)C(=O)O)ccc2c1. The second-order valence-electron chi connectivity index (χ2n) is 3.67. The Morgan fingerprint density at radius 3 is 2.53 bits per heavy atom. The highest BCUT2D eigenvalue weighted by Crippen LogP contribution is 2.27. The summed E-state index contributed by atoms with van der Waals surface area (Å²) < 4.78 is 5.12. The van der Waals surface area contributed by atoms with Crippen LogP contribution in [-0.4, -0.2) is 18.2 Å². The minimum atomic E-state index is -1.04. The Labute approximate surface area is 104 Å². The second kappa shape index (κ2) is 4.63. The molecule has 17 heavy (non-hydrogen) atoms. The number of methoxy groups -OCH3 is 1. The molecule has 2 rings (SSSR count). The molecule has 4 heteroatoms. The molecule has 1 atom stereocenters. The zero-order valence-corrected chi connectivity index (χ0v) is 9.94. The molecule has 0 heterocycles. The molecule has 0 aliphatic rings. The van der Waals surface area contributed by atoms with Gasteiger partial charge in [0.05, 0.1) is 7.11 Å². The maximum atomic E-state index is 10.8. The van der Waals surface area contributed by atoms with Crippen LogP contribution in [0.4, 0.5) is 0 Å². The third-order valence-electron chi connectivity index (χ3n) is 2.58. The predicted octanol–water partition coefficient (Wildman–Crippen LogP) is 3.21. The summed E-state index contributed by atoms with van der Waals surface area (Å²) in [5.41, 5.74) is 0.580. The van der Waals surface area contributed by atoms with Crippen molar-refractivity contribution in [3.8, 4) is 5.75 Å². The van der Waals surface area contributed by atoms with Gasteiger partial charge < -0.3 is 9.84 Å². The first kappa shape index (κ1) is 11.7. The van der Waals surface area contributed by atoms with E-state index in [1.165, 1.54) is 0 Å². The number of fused-ring (bicyclic) bond motifs is 1. The van der Waals surface area contributed by atoms with Gasteiger partial charge in [0.15, 0.2) is 5.38 Å². The van der Waals surface area contributed by atoms with Crippen LogP contribution in [0.3, 0.4) is 0 Å². The fraction of sp³-hybridized carbons (Fsp3) is 0.154. The average molecular weight is 251 g/mol. The molecule has 3 nitrogen and oxygen atoms in total. The fourth-order valence-electron chi connectivity index (χ4n) is 1.67. The van der Waals surface area contributed by atoms with E-state index in [2.05, 4.69) is 0 Å². The molecule has 0 radical (unpaired) electrons. The zero-order chi connectivity index (χ0) is 12.4. The van der Waals surface area contributed by atoms with Crippen molar-refractivity contribution in [2.75, 3.05) is 7.11 Å². The minimum absolute atomic E-state index is 0.580. The Morgan fingerprint density at radius 2 is 1.88 bits per heavy atom. The van der Waals surface area contributed by atoms with Gasteiger partial charge in [-0.2, -0.15) is 0 Å². The maximum absolute atomic E-state index is 10.8. The molecule has 0 saturated carbocycles. The Bertz CT molecular complexity index is 566. The number of ether oxygens (including phenoxy) is 1. The molecule has 0 bridgehead atoms. The first-order valence-corrected chi connectivity index (χ1v) is 5.50. The zero-order valence-electron chi connectivity index (χ0n) is 9.18. The van der Waals surface area contributed by atoms with E-state index in [-0.39, 0.29) is 0 Å². The van der Waals surface area contributed by atoms with Crippen LogP contribution in [0.5, 0.6) is 5.75 Å². The summed E-state index contributed by atoms with van der Waals surface area (Å²) in [6.45, 7) is 0. The number of halogens is 1. The monoisotopic (exact) mass is 250 g/mol. The normalized spacial score (nSPS) is 12.4. The van der Waals surface area contributed by atoms with Crippen LogP contribution in [0.25, 0.3) is 10.8 Å². The van der Waals surface area contributed by atoms with E-state index >= 15 is 0 Å². The molecule has 1 unspecified atom stereocenters. The van der Waals surface area contributed by atoms with E-state index in [4.69, 9.17) is 21.4 Å². The quantitative estimate of drug-likeness (QED) is 0.851. The highest BCUT2D eigenvalue weighted by molar-refractivity contribution is 6.29. The Morgan fingerprint density at radius 1 is 1.24 bits per heavy atom. The van der Waals surface area contributed by atoms with Crippen LogP contribution in [0, 0.1) is 0 Å². The van der Waals surface area contributed by atoms with E-state index in [0.717, 1.165) is 16.5 Å². The largest absolute Gasteiger partial charge is 0.497 e. The van der Waals surface area contributed by atoms with Gasteiger partial charge in [0.1, 0.15) is 5.75 Å². The van der Waals surface area contributed by atoms with Crippen LogP contribution in [-0.2, 0) is 4.79 Å². The molecular weight excluding hydrogens is 240 g/mol. The van der Waals surface area contributed by atoms with Crippen molar-refractivity contribution in [2.45, 2.75) is 5.38 Å². The summed E-state index contributed by atoms with van der Waals surface area (Å²) in [5.74, 6) is -0.273. The molecule has 88 valence electrons. The summed E-state index contributed by atoms with van der Waals surface area (Å²) in [6, 6.07) is 10.9. The molecule has 1 N–H and O–H groups in total. The number of alkyl halides is 1. The highest BCUT2D eigenvalue weighted by Gasteiger charge is 2.16. The molecule has 2 aromatic rings. The van der Waals surface area contributed by atoms with Crippen molar-refractivity contribution in [3.63, 3.8) is 0 Å². The first-order chi connectivity index (χ1) is 8.11. The van der Waals surface area contributed by atoms with Gasteiger partial charge in [-0.05, 0) is 34.5 Å². The van der Waals surface area contributed by atoms with E-state index in [0.29, 0.717) is 5.56 Å². The van der Waals surface area contributed by atoms with E-state index in [1.54, 1.807) is 19.2 Å². The number of hydrogen-bond acceptors (Lipinski definition) is 2. The number of aliphatic carboxylic acids is 1. The minimum Gasteiger partial charge on any atom is -0.497 e. The van der Waals surface area contributed by atoms with Crippen LogP contribution < -0.4 is 4.74 Å². The Balaban J connectivity index is 2.48. The molecule has 0 aromatic heterocycles. The molecule has 0 saturated heterocycles. The predicted molar refractivity (Wildman–Crippen MR) is 66.7 cm³/mol. The summed E-state index contributed by atoms with van der Waals surface area (Å²) in [5, 5.41) is 9.75. The van der Waals surface area contributed by atoms with Gasteiger partial charge in [-0.1, -0.05) is 18.2 Å². The molecule has 2 aromatic carbocycles. The molecule has 0 fully saturated rings. The molecule has 0 aliphatic carbocycles. The molecule has 0 aliphatic heterocycles. The van der Waals surface area contributed by atoms with Crippen LogP contribution in [0.15, 0.2) is 36.4 Å². The van der Waals surface area contributed by atoms with Gasteiger partial charge in [-0.3, -0.25) is 4.79 Å². The number of rotatable bonds is 3. The number of hydrogen-bond donors (Lipinski definition) is 1. The van der Waals surface area contributed by atoms with Gasteiger partial charge in [0.2, 0.25) is 0 Å². The lowest BCUT2D eigenvalue weighted by molar-refractivity contribution is -0.136. The van der Waals surface area contributed by atoms with Crippen molar-refractivity contribution in [3.05, 3.63) is 42.0 Å². The smallest absolute Gasteiger partial charge is 0.326 e. The van der Waals surface area contributed by atoms with E-state index in [1.807, 2.05) is 24.3 Å². The molecular formula is C13H11ClO3.